The highest BCUT2D eigenvalue weighted by atomic mass is 16.5. The molecule has 1 atom stereocenters. The van der Waals surface area contributed by atoms with Crippen LogP contribution < -0.4 is 5.32 Å². The standard InChI is InChI=1S/C17H27NO2/c1-4-20-16-9-15(10-16)18-11-17(19)14-7-5-13(6-8-14)12(2)3/h5-8,12,15-19H,4,9-11H2,1-3H3. The summed E-state index contributed by atoms with van der Waals surface area (Å²) >= 11 is 0. The van der Waals surface area contributed by atoms with Crippen LogP contribution in [-0.2, 0) is 4.74 Å². The number of hydrogen-bond donors (Lipinski definition) is 2. The topological polar surface area (TPSA) is 41.5 Å². The maximum absolute atomic E-state index is 10.2. The van der Waals surface area contributed by atoms with Gasteiger partial charge in [0.2, 0.25) is 0 Å². The molecule has 20 heavy (non-hydrogen) atoms. The molecule has 112 valence electrons. The number of benzene rings is 1. The monoisotopic (exact) mass is 277 g/mol. The quantitative estimate of drug-likeness (QED) is 0.805. The van der Waals surface area contributed by atoms with E-state index in [-0.39, 0.29) is 0 Å². The van der Waals surface area contributed by atoms with Gasteiger partial charge in [0.05, 0.1) is 12.2 Å². The molecule has 0 aromatic heterocycles. The first kappa shape index (κ1) is 15.5. The van der Waals surface area contributed by atoms with E-state index < -0.39 is 6.10 Å². The van der Waals surface area contributed by atoms with Crippen molar-refractivity contribution in [1.82, 2.24) is 5.32 Å². The van der Waals surface area contributed by atoms with Crippen LogP contribution in [0.4, 0.5) is 0 Å². The van der Waals surface area contributed by atoms with Crippen molar-refractivity contribution < 1.29 is 9.84 Å². The van der Waals surface area contributed by atoms with Crippen LogP contribution in [0.3, 0.4) is 0 Å². The predicted molar refractivity (Wildman–Crippen MR) is 81.9 cm³/mol. The summed E-state index contributed by atoms with van der Waals surface area (Å²) in [7, 11) is 0. The van der Waals surface area contributed by atoms with Crippen molar-refractivity contribution in [2.45, 2.75) is 57.8 Å². The van der Waals surface area contributed by atoms with Crippen molar-refractivity contribution in [3.63, 3.8) is 0 Å². The zero-order valence-electron chi connectivity index (χ0n) is 12.8. The Hall–Kier alpha value is -0.900. The molecule has 0 amide bonds. The van der Waals surface area contributed by atoms with E-state index >= 15 is 0 Å². The summed E-state index contributed by atoms with van der Waals surface area (Å²) in [5.41, 5.74) is 2.30. The van der Waals surface area contributed by atoms with Crippen molar-refractivity contribution in [1.29, 1.82) is 0 Å². The molecule has 3 heteroatoms. The van der Waals surface area contributed by atoms with Crippen molar-refractivity contribution in [2.75, 3.05) is 13.2 Å². The Morgan fingerprint density at radius 1 is 1.20 bits per heavy atom. The summed E-state index contributed by atoms with van der Waals surface area (Å²) < 4.78 is 5.53. The number of rotatable bonds is 7. The SMILES string of the molecule is CCOC1CC(NCC(O)c2ccc(C(C)C)cc2)C1. The Balaban J connectivity index is 1.73. The molecule has 1 aromatic rings. The number of aliphatic hydroxyl groups is 1. The van der Waals surface area contributed by atoms with Crippen LogP contribution in [0.25, 0.3) is 0 Å². The van der Waals surface area contributed by atoms with Crippen LogP contribution in [0.1, 0.15) is 56.8 Å². The second-order valence-electron chi connectivity index (χ2n) is 5.99. The van der Waals surface area contributed by atoms with Gasteiger partial charge >= 0.3 is 0 Å². The molecular weight excluding hydrogens is 250 g/mol. The molecule has 0 heterocycles. The Morgan fingerprint density at radius 2 is 1.80 bits per heavy atom. The van der Waals surface area contributed by atoms with Gasteiger partial charge in [0, 0.05) is 19.2 Å². The van der Waals surface area contributed by atoms with Crippen LogP contribution in [0.15, 0.2) is 24.3 Å². The smallest absolute Gasteiger partial charge is 0.0914 e. The van der Waals surface area contributed by atoms with Gasteiger partial charge in [-0.2, -0.15) is 0 Å². The molecule has 1 fully saturated rings. The molecule has 0 bridgehead atoms. The Bertz CT molecular complexity index is 396. The molecule has 3 nitrogen and oxygen atoms in total. The van der Waals surface area contributed by atoms with Crippen LogP contribution >= 0.6 is 0 Å². The van der Waals surface area contributed by atoms with Crippen molar-refractivity contribution in [3.8, 4) is 0 Å². The van der Waals surface area contributed by atoms with Gasteiger partial charge in [0.1, 0.15) is 0 Å². The summed E-state index contributed by atoms with van der Waals surface area (Å²) in [6.07, 6.45) is 2.11. The fourth-order valence-corrected chi connectivity index (χ4v) is 2.60. The molecule has 1 saturated carbocycles. The number of ether oxygens (including phenoxy) is 1. The number of aliphatic hydroxyl groups excluding tert-OH is 1. The highest BCUT2D eigenvalue weighted by Crippen LogP contribution is 2.24. The van der Waals surface area contributed by atoms with Gasteiger partial charge in [-0.05, 0) is 36.8 Å². The van der Waals surface area contributed by atoms with E-state index in [1.165, 1.54) is 5.56 Å². The molecular formula is C17H27NO2. The van der Waals surface area contributed by atoms with E-state index in [0.717, 1.165) is 25.0 Å². The van der Waals surface area contributed by atoms with E-state index in [1.807, 2.05) is 19.1 Å². The highest BCUT2D eigenvalue weighted by Gasteiger charge is 2.29. The van der Waals surface area contributed by atoms with Crippen molar-refractivity contribution in [3.05, 3.63) is 35.4 Å². The van der Waals surface area contributed by atoms with Gasteiger partial charge in [-0.25, -0.2) is 0 Å². The molecule has 1 aliphatic carbocycles. The largest absolute Gasteiger partial charge is 0.387 e. The maximum Gasteiger partial charge on any atom is 0.0914 e. The molecule has 1 aromatic carbocycles. The minimum absolute atomic E-state index is 0.417. The number of hydrogen-bond acceptors (Lipinski definition) is 3. The van der Waals surface area contributed by atoms with E-state index in [1.54, 1.807) is 0 Å². The van der Waals surface area contributed by atoms with Crippen LogP contribution in [0, 0.1) is 0 Å². The lowest BCUT2D eigenvalue weighted by Gasteiger charge is -2.36. The third-order valence-corrected chi connectivity index (χ3v) is 4.08. The molecule has 0 radical (unpaired) electrons. The van der Waals surface area contributed by atoms with Gasteiger partial charge in [-0.1, -0.05) is 38.1 Å². The lowest BCUT2D eigenvalue weighted by atomic mass is 9.89. The van der Waals surface area contributed by atoms with E-state index in [0.29, 0.717) is 24.6 Å². The van der Waals surface area contributed by atoms with Gasteiger partial charge in [-0.3, -0.25) is 0 Å². The second kappa shape index (κ2) is 7.21. The summed E-state index contributed by atoms with van der Waals surface area (Å²) in [6, 6.07) is 8.78. The predicted octanol–water partition coefficient (Wildman–Crippen LogP) is 3.00. The van der Waals surface area contributed by atoms with Gasteiger partial charge in [0.25, 0.3) is 0 Å². The van der Waals surface area contributed by atoms with Crippen LogP contribution in [0.5, 0.6) is 0 Å². The fourth-order valence-electron chi connectivity index (χ4n) is 2.60. The Morgan fingerprint density at radius 3 is 2.35 bits per heavy atom. The third-order valence-electron chi connectivity index (χ3n) is 4.08. The fraction of sp³-hybridized carbons (Fsp3) is 0.647. The zero-order chi connectivity index (χ0) is 14.5. The first-order valence-electron chi connectivity index (χ1n) is 7.73. The Kier molecular flexibility index (Phi) is 5.58. The molecule has 0 spiro atoms. The lowest BCUT2D eigenvalue weighted by Crippen LogP contribution is -2.46. The minimum atomic E-state index is -0.428. The molecule has 2 rings (SSSR count). The zero-order valence-corrected chi connectivity index (χ0v) is 12.8. The third kappa shape index (κ3) is 4.05. The molecule has 1 unspecified atom stereocenters. The lowest BCUT2D eigenvalue weighted by molar-refractivity contribution is -0.0123. The Labute approximate surface area is 122 Å². The van der Waals surface area contributed by atoms with Crippen molar-refractivity contribution in [2.24, 2.45) is 0 Å². The molecule has 1 aliphatic rings. The average Bonchev–Trinajstić information content (AvgIpc) is 2.41. The first-order chi connectivity index (χ1) is 9.60. The van der Waals surface area contributed by atoms with Crippen molar-refractivity contribution >= 4 is 0 Å². The van der Waals surface area contributed by atoms with Gasteiger partial charge in [0.15, 0.2) is 0 Å². The second-order valence-corrected chi connectivity index (χ2v) is 5.99. The van der Waals surface area contributed by atoms with Gasteiger partial charge < -0.3 is 15.2 Å². The maximum atomic E-state index is 10.2. The first-order valence-corrected chi connectivity index (χ1v) is 7.73. The highest BCUT2D eigenvalue weighted by molar-refractivity contribution is 5.26. The van der Waals surface area contributed by atoms with E-state index in [4.69, 9.17) is 4.74 Å². The average molecular weight is 277 g/mol. The summed E-state index contributed by atoms with van der Waals surface area (Å²) in [4.78, 5) is 0. The van der Waals surface area contributed by atoms with Crippen LogP contribution in [-0.4, -0.2) is 30.4 Å². The normalized spacial score (nSPS) is 23.6. The molecule has 0 saturated heterocycles. The van der Waals surface area contributed by atoms with E-state index in [9.17, 15) is 5.11 Å². The summed E-state index contributed by atoms with van der Waals surface area (Å²) in [6.45, 7) is 7.80. The molecule has 2 N–H and O–H groups in total. The summed E-state index contributed by atoms with van der Waals surface area (Å²) in [5, 5.41) is 13.6. The van der Waals surface area contributed by atoms with Gasteiger partial charge in [-0.15, -0.1) is 0 Å². The van der Waals surface area contributed by atoms with Crippen LogP contribution in [0.2, 0.25) is 0 Å². The summed E-state index contributed by atoms with van der Waals surface area (Å²) in [5.74, 6) is 0.532. The molecule has 0 aliphatic heterocycles. The minimum Gasteiger partial charge on any atom is -0.387 e. The van der Waals surface area contributed by atoms with E-state index in [2.05, 4.69) is 31.3 Å². The number of nitrogens with one attached hydrogen (secondary N) is 1.